The third-order valence-electron chi connectivity index (χ3n) is 2.68. The zero-order valence-electron chi connectivity index (χ0n) is 11.4. The summed E-state index contributed by atoms with van der Waals surface area (Å²) < 4.78 is 5.12. The number of hydrogen-bond acceptors (Lipinski definition) is 6. The van der Waals surface area contributed by atoms with Gasteiger partial charge in [0.1, 0.15) is 5.76 Å². The van der Waals surface area contributed by atoms with Gasteiger partial charge < -0.3 is 4.42 Å². The monoisotopic (exact) mass is 333 g/mol. The van der Waals surface area contributed by atoms with Gasteiger partial charge in [0.25, 0.3) is 0 Å². The summed E-state index contributed by atoms with van der Waals surface area (Å²) in [5.74, 6) is 1.82. The number of aromatic nitrogens is 3. The number of anilines is 1. The van der Waals surface area contributed by atoms with Gasteiger partial charge >= 0.3 is 0 Å². The number of hydrogen-bond donors (Lipinski definition) is 2. The average Bonchev–Trinajstić information content (AvgIpc) is 3.18. The molecule has 0 radical (unpaired) electrons. The van der Waals surface area contributed by atoms with Crippen molar-refractivity contribution < 1.29 is 4.42 Å². The van der Waals surface area contributed by atoms with Crippen molar-refractivity contribution in [2.45, 2.75) is 10.9 Å². The number of hydrazone groups is 1. The van der Waals surface area contributed by atoms with Crippen molar-refractivity contribution in [2.75, 3.05) is 5.43 Å². The van der Waals surface area contributed by atoms with Gasteiger partial charge in [0.2, 0.25) is 11.1 Å². The molecule has 22 heavy (non-hydrogen) atoms. The number of thioether (sulfide) groups is 1. The highest BCUT2D eigenvalue weighted by Gasteiger charge is 2.05. The van der Waals surface area contributed by atoms with E-state index in [0.29, 0.717) is 22.6 Å². The Kier molecular flexibility index (Phi) is 4.77. The van der Waals surface area contributed by atoms with Crippen molar-refractivity contribution in [3.63, 3.8) is 0 Å². The second kappa shape index (κ2) is 7.15. The lowest BCUT2D eigenvalue weighted by atomic mass is 10.2. The first-order valence-corrected chi connectivity index (χ1v) is 7.79. The molecule has 3 aromatic rings. The molecule has 2 N–H and O–H groups in total. The molecule has 8 heteroatoms. The second-order valence-electron chi connectivity index (χ2n) is 4.23. The first-order valence-electron chi connectivity index (χ1n) is 6.42. The summed E-state index contributed by atoms with van der Waals surface area (Å²) in [7, 11) is 0. The smallest absolute Gasteiger partial charge is 0.240 e. The zero-order chi connectivity index (χ0) is 15.2. The fourth-order valence-corrected chi connectivity index (χ4v) is 2.72. The molecule has 0 saturated heterocycles. The van der Waals surface area contributed by atoms with Gasteiger partial charge in [-0.1, -0.05) is 41.6 Å². The van der Waals surface area contributed by atoms with E-state index in [1.54, 1.807) is 24.6 Å². The van der Waals surface area contributed by atoms with Crippen LogP contribution in [0.5, 0.6) is 0 Å². The summed E-state index contributed by atoms with van der Waals surface area (Å²) in [5.41, 5.74) is 3.80. The van der Waals surface area contributed by atoms with Gasteiger partial charge in [-0.25, -0.2) is 10.5 Å². The molecule has 0 aliphatic heterocycles. The predicted octanol–water partition coefficient (Wildman–Crippen LogP) is 3.79. The first-order chi connectivity index (χ1) is 10.8. The van der Waals surface area contributed by atoms with E-state index in [0.717, 1.165) is 10.6 Å². The number of aromatic amines is 1. The zero-order valence-corrected chi connectivity index (χ0v) is 12.9. The summed E-state index contributed by atoms with van der Waals surface area (Å²) >= 11 is 7.60. The standard InChI is InChI=1S/C14H12ClN5OS/c15-12-6-2-1-4-10(12)9-22-14-17-13(19-20-14)18-16-8-11-5-3-7-21-11/h1-8H,9H2,(H2,17,18,19,20)/b16-8-. The number of nitrogens with zero attached hydrogens (tertiary/aromatic N) is 3. The molecule has 0 bridgehead atoms. The van der Waals surface area contributed by atoms with Crippen molar-refractivity contribution in [3.05, 3.63) is 59.0 Å². The molecule has 0 aliphatic carbocycles. The van der Waals surface area contributed by atoms with E-state index < -0.39 is 0 Å². The Morgan fingerprint density at radius 1 is 1.32 bits per heavy atom. The molecule has 2 aromatic heterocycles. The maximum absolute atomic E-state index is 6.11. The molecule has 0 spiro atoms. The summed E-state index contributed by atoms with van der Waals surface area (Å²) in [4.78, 5) is 4.27. The minimum Gasteiger partial charge on any atom is -0.463 e. The van der Waals surface area contributed by atoms with Crippen LogP contribution in [0.3, 0.4) is 0 Å². The quantitative estimate of drug-likeness (QED) is 0.407. The Labute approximate surface area is 136 Å². The Morgan fingerprint density at radius 3 is 3.05 bits per heavy atom. The fraction of sp³-hybridized carbons (Fsp3) is 0.0714. The molecular formula is C14H12ClN5OS. The Bertz CT molecular complexity index is 756. The van der Waals surface area contributed by atoms with Crippen LogP contribution < -0.4 is 5.43 Å². The summed E-state index contributed by atoms with van der Waals surface area (Å²) in [5, 5.41) is 12.2. The number of H-pyrrole nitrogens is 1. The van der Waals surface area contributed by atoms with Crippen molar-refractivity contribution in [3.8, 4) is 0 Å². The highest BCUT2D eigenvalue weighted by Crippen LogP contribution is 2.24. The second-order valence-corrected chi connectivity index (χ2v) is 5.58. The number of nitrogens with one attached hydrogen (secondary N) is 2. The molecular weight excluding hydrogens is 322 g/mol. The highest BCUT2D eigenvalue weighted by atomic mass is 35.5. The third kappa shape index (κ3) is 3.90. The predicted molar refractivity (Wildman–Crippen MR) is 87.3 cm³/mol. The lowest BCUT2D eigenvalue weighted by Gasteiger charge is -2.00. The molecule has 0 amide bonds. The highest BCUT2D eigenvalue weighted by molar-refractivity contribution is 7.98. The largest absolute Gasteiger partial charge is 0.463 e. The van der Waals surface area contributed by atoms with Crippen LogP contribution in [0, 0.1) is 0 Å². The minimum absolute atomic E-state index is 0.462. The van der Waals surface area contributed by atoms with E-state index in [4.69, 9.17) is 16.0 Å². The van der Waals surface area contributed by atoms with Gasteiger partial charge in [-0.05, 0) is 23.8 Å². The molecule has 0 fully saturated rings. The van der Waals surface area contributed by atoms with Crippen LogP contribution in [0.25, 0.3) is 0 Å². The van der Waals surface area contributed by atoms with Gasteiger partial charge in [0.05, 0.1) is 12.5 Å². The van der Waals surface area contributed by atoms with Crippen molar-refractivity contribution in [1.82, 2.24) is 15.2 Å². The molecule has 3 rings (SSSR count). The molecule has 0 aliphatic rings. The topological polar surface area (TPSA) is 79.1 Å². The molecule has 0 saturated carbocycles. The van der Waals surface area contributed by atoms with Gasteiger partial charge in [-0.3, -0.25) is 0 Å². The molecule has 0 unspecified atom stereocenters. The Morgan fingerprint density at radius 2 is 2.23 bits per heavy atom. The molecule has 2 heterocycles. The molecule has 112 valence electrons. The number of halogens is 1. The van der Waals surface area contributed by atoms with E-state index >= 15 is 0 Å². The molecule has 0 atom stereocenters. The minimum atomic E-state index is 0.462. The van der Waals surface area contributed by atoms with Crippen LogP contribution >= 0.6 is 23.4 Å². The van der Waals surface area contributed by atoms with E-state index in [2.05, 4.69) is 25.7 Å². The average molecular weight is 334 g/mol. The SMILES string of the molecule is Clc1ccccc1CSc1n[nH]c(N/N=C\c2ccco2)n1. The molecule has 6 nitrogen and oxygen atoms in total. The van der Waals surface area contributed by atoms with E-state index in [1.165, 1.54) is 11.8 Å². The van der Waals surface area contributed by atoms with Crippen molar-refractivity contribution in [1.29, 1.82) is 0 Å². The number of benzene rings is 1. The van der Waals surface area contributed by atoms with Crippen LogP contribution in [0.2, 0.25) is 5.02 Å². The van der Waals surface area contributed by atoms with Gasteiger partial charge in [0, 0.05) is 10.8 Å². The van der Waals surface area contributed by atoms with Crippen molar-refractivity contribution in [2.24, 2.45) is 5.10 Å². The Balaban J connectivity index is 1.54. The van der Waals surface area contributed by atoms with Crippen molar-refractivity contribution >= 4 is 35.5 Å². The van der Waals surface area contributed by atoms with Gasteiger partial charge in [-0.15, -0.1) is 5.10 Å². The van der Waals surface area contributed by atoms with Gasteiger partial charge in [0.15, 0.2) is 0 Å². The van der Waals surface area contributed by atoms with E-state index in [1.807, 2.05) is 24.3 Å². The number of rotatable bonds is 6. The lowest BCUT2D eigenvalue weighted by Crippen LogP contribution is -1.91. The summed E-state index contributed by atoms with van der Waals surface area (Å²) in [6.45, 7) is 0. The third-order valence-corrected chi connectivity index (χ3v) is 3.95. The maximum Gasteiger partial charge on any atom is 0.240 e. The lowest BCUT2D eigenvalue weighted by molar-refractivity contribution is 0.560. The number of furan rings is 1. The van der Waals surface area contributed by atoms with Crippen LogP contribution in [0.1, 0.15) is 11.3 Å². The van der Waals surface area contributed by atoms with E-state index in [-0.39, 0.29) is 0 Å². The first kappa shape index (κ1) is 14.7. The fourth-order valence-electron chi connectivity index (χ4n) is 1.64. The summed E-state index contributed by atoms with van der Waals surface area (Å²) in [6.07, 6.45) is 3.14. The molecule has 1 aromatic carbocycles. The van der Waals surface area contributed by atoms with Gasteiger partial charge in [-0.2, -0.15) is 10.1 Å². The van der Waals surface area contributed by atoms with Crippen LogP contribution in [-0.4, -0.2) is 21.4 Å². The summed E-state index contributed by atoms with van der Waals surface area (Å²) in [6, 6.07) is 11.3. The normalized spacial score (nSPS) is 11.1. The van der Waals surface area contributed by atoms with Crippen LogP contribution in [0.15, 0.2) is 57.3 Å². The van der Waals surface area contributed by atoms with Crippen LogP contribution in [-0.2, 0) is 5.75 Å². The van der Waals surface area contributed by atoms with Crippen LogP contribution in [0.4, 0.5) is 5.95 Å². The Hall–Kier alpha value is -2.25. The van der Waals surface area contributed by atoms with E-state index in [9.17, 15) is 0 Å². The maximum atomic E-state index is 6.11.